The molecule has 2 aromatic heterocycles. The lowest BCUT2D eigenvalue weighted by molar-refractivity contribution is 1.47. The van der Waals surface area contributed by atoms with Crippen molar-refractivity contribution in [1.82, 2.24) is 0 Å². The number of rotatable bonds is 4. The molecule has 1 nitrogen and oxygen atoms in total. The van der Waals surface area contributed by atoms with Crippen LogP contribution in [0, 0.1) is 11.3 Å². The van der Waals surface area contributed by atoms with Gasteiger partial charge in [0, 0.05) is 45.9 Å². The first kappa shape index (κ1) is 26.8. The van der Waals surface area contributed by atoms with Gasteiger partial charge in [0.05, 0.1) is 11.6 Å². The first-order valence-electron chi connectivity index (χ1n) is 15.3. The summed E-state index contributed by atoms with van der Waals surface area (Å²) in [7, 11) is 0. The van der Waals surface area contributed by atoms with Crippen LogP contribution in [0.15, 0.2) is 152 Å². The zero-order valence-electron chi connectivity index (χ0n) is 24.7. The summed E-state index contributed by atoms with van der Waals surface area (Å²) in [5.74, 6) is 0. The second-order valence-corrected chi connectivity index (χ2v) is 13.7. The van der Waals surface area contributed by atoms with Crippen LogP contribution in [-0.2, 0) is 0 Å². The van der Waals surface area contributed by atoms with Gasteiger partial charge in [-0.05, 0) is 87.5 Å². The standard InChI is InChI=1S/C43H25NS2/c44-26-27-11-1-2-12-31(27)35-14-4-3-13-32(35)28-23-29(33-17-9-21-40-42(33)36-15-5-7-19-38(36)45-40)25-30(24-28)34-18-10-22-41-43(34)37-16-6-8-20-39(37)46-41/h1-25H. The summed E-state index contributed by atoms with van der Waals surface area (Å²) in [5.41, 5.74) is 9.75. The molecule has 0 spiro atoms. The van der Waals surface area contributed by atoms with E-state index in [4.69, 9.17) is 0 Å². The molecule has 0 radical (unpaired) electrons. The van der Waals surface area contributed by atoms with Crippen molar-refractivity contribution in [3.05, 3.63) is 157 Å². The predicted molar refractivity (Wildman–Crippen MR) is 199 cm³/mol. The monoisotopic (exact) mass is 619 g/mol. The minimum atomic E-state index is 0.676. The Balaban J connectivity index is 1.37. The molecule has 9 rings (SSSR count). The molecule has 0 saturated carbocycles. The fourth-order valence-corrected chi connectivity index (χ4v) is 9.17. The van der Waals surface area contributed by atoms with Crippen LogP contribution in [0.25, 0.3) is 84.9 Å². The van der Waals surface area contributed by atoms with E-state index in [0.29, 0.717) is 5.56 Å². The quantitative estimate of drug-likeness (QED) is 0.192. The van der Waals surface area contributed by atoms with Gasteiger partial charge < -0.3 is 0 Å². The van der Waals surface area contributed by atoms with Crippen LogP contribution < -0.4 is 0 Å². The summed E-state index contributed by atoms with van der Waals surface area (Å²) >= 11 is 3.70. The van der Waals surface area contributed by atoms with Gasteiger partial charge in [0.1, 0.15) is 0 Å². The number of hydrogen-bond donors (Lipinski definition) is 0. The highest BCUT2D eigenvalue weighted by Crippen LogP contribution is 2.45. The van der Waals surface area contributed by atoms with Gasteiger partial charge >= 0.3 is 0 Å². The van der Waals surface area contributed by atoms with Gasteiger partial charge in [-0.25, -0.2) is 0 Å². The van der Waals surface area contributed by atoms with E-state index in [0.717, 1.165) is 22.3 Å². The number of nitrogens with zero attached hydrogens (tertiary/aromatic N) is 1. The van der Waals surface area contributed by atoms with E-state index in [-0.39, 0.29) is 0 Å². The lowest BCUT2D eigenvalue weighted by atomic mass is 9.87. The van der Waals surface area contributed by atoms with Gasteiger partial charge in [-0.2, -0.15) is 5.26 Å². The fourth-order valence-electron chi connectivity index (χ4n) is 6.91. The van der Waals surface area contributed by atoms with Crippen LogP contribution in [0.4, 0.5) is 0 Å². The summed E-state index contributed by atoms with van der Waals surface area (Å²) < 4.78 is 5.18. The van der Waals surface area contributed by atoms with Crippen molar-refractivity contribution >= 4 is 63.0 Å². The van der Waals surface area contributed by atoms with Gasteiger partial charge in [0.2, 0.25) is 0 Å². The molecule has 0 aliphatic carbocycles. The fraction of sp³-hybridized carbons (Fsp3) is 0. The van der Waals surface area contributed by atoms with E-state index in [1.807, 2.05) is 40.9 Å². The van der Waals surface area contributed by atoms with Crippen LogP contribution in [0.5, 0.6) is 0 Å². The smallest absolute Gasteiger partial charge is 0.0998 e. The zero-order valence-corrected chi connectivity index (χ0v) is 26.3. The van der Waals surface area contributed by atoms with Crippen molar-refractivity contribution in [2.75, 3.05) is 0 Å². The van der Waals surface area contributed by atoms with Gasteiger partial charge in [0.25, 0.3) is 0 Å². The molecule has 2 heterocycles. The summed E-state index contributed by atoms with van der Waals surface area (Å²) in [4.78, 5) is 0. The minimum absolute atomic E-state index is 0.676. The zero-order chi connectivity index (χ0) is 30.6. The summed E-state index contributed by atoms with van der Waals surface area (Å²) in [5, 5.41) is 15.2. The molecule has 0 unspecified atom stereocenters. The molecule has 0 saturated heterocycles. The van der Waals surface area contributed by atoms with E-state index in [9.17, 15) is 5.26 Å². The third-order valence-electron chi connectivity index (χ3n) is 8.94. The summed E-state index contributed by atoms with van der Waals surface area (Å²) in [6.07, 6.45) is 0. The predicted octanol–water partition coefficient (Wildman–Crippen LogP) is 13.0. The Morgan fingerprint density at radius 2 is 0.783 bits per heavy atom. The van der Waals surface area contributed by atoms with Crippen molar-refractivity contribution in [2.45, 2.75) is 0 Å². The highest BCUT2D eigenvalue weighted by atomic mass is 32.1. The van der Waals surface area contributed by atoms with Crippen LogP contribution in [0.2, 0.25) is 0 Å². The normalized spacial score (nSPS) is 11.5. The molecule has 0 aliphatic rings. The highest BCUT2D eigenvalue weighted by Gasteiger charge is 2.18. The molecule has 9 aromatic rings. The largest absolute Gasteiger partial charge is 0.192 e. The number of benzene rings is 7. The van der Waals surface area contributed by atoms with E-state index in [1.165, 1.54) is 62.6 Å². The van der Waals surface area contributed by atoms with Crippen LogP contribution in [0.3, 0.4) is 0 Å². The lowest BCUT2D eigenvalue weighted by Crippen LogP contribution is -1.91. The Morgan fingerprint density at radius 1 is 0.370 bits per heavy atom. The summed E-state index contributed by atoms with van der Waals surface area (Å²) in [6, 6.07) is 56.7. The topological polar surface area (TPSA) is 23.8 Å². The van der Waals surface area contributed by atoms with Crippen molar-refractivity contribution < 1.29 is 0 Å². The molecule has 0 bridgehead atoms. The molecule has 0 N–H and O–H groups in total. The maximum atomic E-state index is 10.0. The highest BCUT2D eigenvalue weighted by molar-refractivity contribution is 7.26. The van der Waals surface area contributed by atoms with Crippen LogP contribution in [-0.4, -0.2) is 0 Å². The molecular formula is C43H25NS2. The number of nitriles is 1. The van der Waals surface area contributed by atoms with E-state index in [1.54, 1.807) is 0 Å². The van der Waals surface area contributed by atoms with Crippen molar-refractivity contribution in [3.8, 4) is 50.6 Å². The van der Waals surface area contributed by atoms with Crippen molar-refractivity contribution in [2.24, 2.45) is 0 Å². The molecule has 7 aromatic carbocycles. The maximum Gasteiger partial charge on any atom is 0.0998 e. The Hall–Kier alpha value is -5.53. The van der Waals surface area contributed by atoms with Gasteiger partial charge in [-0.15, -0.1) is 22.7 Å². The van der Waals surface area contributed by atoms with Crippen molar-refractivity contribution in [1.29, 1.82) is 5.26 Å². The lowest BCUT2D eigenvalue weighted by Gasteiger charge is -2.16. The van der Waals surface area contributed by atoms with Crippen LogP contribution >= 0.6 is 22.7 Å². The Kier molecular flexibility index (Phi) is 6.31. The second-order valence-electron chi connectivity index (χ2n) is 11.6. The third-order valence-corrected chi connectivity index (χ3v) is 11.2. The molecule has 46 heavy (non-hydrogen) atoms. The minimum Gasteiger partial charge on any atom is -0.192 e. The van der Waals surface area contributed by atoms with E-state index >= 15 is 0 Å². The first-order chi connectivity index (χ1) is 22.8. The molecule has 0 atom stereocenters. The Bertz CT molecular complexity index is 2530. The average molecular weight is 620 g/mol. The molecule has 0 fully saturated rings. The average Bonchev–Trinajstić information content (AvgIpc) is 3.70. The molecule has 214 valence electrons. The molecule has 3 heteroatoms. The maximum absolute atomic E-state index is 10.0. The first-order valence-corrected chi connectivity index (χ1v) is 17.0. The Labute approximate surface area is 274 Å². The second kappa shape index (κ2) is 10.8. The molecule has 0 aliphatic heterocycles. The number of thiophene rings is 2. The van der Waals surface area contributed by atoms with Gasteiger partial charge in [0.15, 0.2) is 0 Å². The third kappa shape index (κ3) is 4.27. The van der Waals surface area contributed by atoms with Gasteiger partial charge in [-0.3, -0.25) is 0 Å². The Morgan fingerprint density at radius 3 is 1.35 bits per heavy atom. The number of fused-ring (bicyclic) bond motifs is 6. The SMILES string of the molecule is N#Cc1ccccc1-c1ccccc1-c1cc(-c2cccc3sc4ccccc4c23)cc(-c2cccc3sc4ccccc4c23)c1. The van der Waals surface area contributed by atoms with E-state index < -0.39 is 0 Å². The van der Waals surface area contributed by atoms with Gasteiger partial charge in [-0.1, -0.05) is 103 Å². The van der Waals surface area contributed by atoms with E-state index in [2.05, 4.69) is 140 Å². The van der Waals surface area contributed by atoms with Crippen LogP contribution in [0.1, 0.15) is 5.56 Å². The summed E-state index contributed by atoms with van der Waals surface area (Å²) in [6.45, 7) is 0. The molecular weight excluding hydrogens is 595 g/mol. The molecule has 0 amide bonds. The number of hydrogen-bond acceptors (Lipinski definition) is 3. The van der Waals surface area contributed by atoms with Crippen molar-refractivity contribution in [3.63, 3.8) is 0 Å².